The highest BCUT2D eigenvalue weighted by Crippen LogP contribution is 2.42. The van der Waals surface area contributed by atoms with Crippen molar-refractivity contribution < 1.29 is 28.6 Å². The molecule has 0 radical (unpaired) electrons. The van der Waals surface area contributed by atoms with Gasteiger partial charge in [-0.05, 0) is 61.9 Å². The van der Waals surface area contributed by atoms with Crippen LogP contribution in [0.4, 0.5) is 4.39 Å². The number of pyridine rings is 1. The van der Waals surface area contributed by atoms with Crippen molar-refractivity contribution in [2.75, 3.05) is 19.8 Å². The molecule has 39 heavy (non-hydrogen) atoms. The first kappa shape index (κ1) is 31.6. The number of esters is 1. The van der Waals surface area contributed by atoms with E-state index in [2.05, 4.69) is 17.6 Å². The number of carbonyl (C=O) groups excluding carboxylic acids is 3. The maximum Gasteiger partial charge on any atom is 0.333 e. The van der Waals surface area contributed by atoms with E-state index in [4.69, 9.17) is 15.3 Å². The van der Waals surface area contributed by atoms with E-state index in [-0.39, 0.29) is 36.9 Å². The molecule has 212 valence electrons. The second-order valence-electron chi connectivity index (χ2n) is 8.85. The Morgan fingerprint density at radius 2 is 1.87 bits per heavy atom. The molecule has 0 unspecified atom stereocenters. The molecule has 9 nitrogen and oxygen atoms in total. The molecule has 2 amide bonds. The number of fused-ring (bicyclic) bond motifs is 4. The Labute approximate surface area is 228 Å². The molecule has 0 fully saturated rings. The van der Waals surface area contributed by atoms with Crippen molar-refractivity contribution >= 4 is 34.9 Å². The molecule has 1 aromatic heterocycles. The van der Waals surface area contributed by atoms with E-state index in [1.807, 2.05) is 13.8 Å². The number of unbranched alkanes of at least 4 members (excludes halogenated alkanes) is 1. The van der Waals surface area contributed by atoms with E-state index >= 15 is 0 Å². The summed E-state index contributed by atoms with van der Waals surface area (Å²) in [6.45, 7) is 8.55. The Morgan fingerprint density at radius 3 is 2.46 bits per heavy atom. The molecule has 10 heteroatoms. The Balaban J connectivity index is 0.000000467. The standard InChI is InChI=1S/C22H19FN2O4.C4H11N.C2H6.CH3NO/c1-11-13-3-2-4-14-15-9-25-18(21(15)24-17(20(13)14)7-16(11)23)8-19(27)29-10-12(5-6-26)22(25)28;1-2-3-4-5;1-2;2-1-3/h5,7-8,26H,2-4,6,9-10H2,1H3;2-5H2,1H3;1-2H3;1H,(H2,2,3)/b12-5+,18-8-;;;. The number of nitrogens with zero attached hydrogens (tertiary/aromatic N) is 2. The van der Waals surface area contributed by atoms with E-state index in [1.54, 1.807) is 6.92 Å². The number of primary amides is 1. The molecule has 0 spiro atoms. The topological polar surface area (TPSA) is 149 Å². The number of halogens is 1. The summed E-state index contributed by atoms with van der Waals surface area (Å²) >= 11 is 0. The molecule has 0 saturated carbocycles. The molecule has 3 heterocycles. The number of amides is 2. The summed E-state index contributed by atoms with van der Waals surface area (Å²) in [7, 11) is 0. The van der Waals surface area contributed by atoms with Crippen molar-refractivity contribution in [3.63, 3.8) is 0 Å². The number of ether oxygens (including phenoxy) is 1. The van der Waals surface area contributed by atoms with Gasteiger partial charge in [0.25, 0.3) is 5.91 Å². The lowest BCUT2D eigenvalue weighted by molar-refractivity contribution is -0.138. The van der Waals surface area contributed by atoms with Crippen molar-refractivity contribution in [2.24, 2.45) is 11.5 Å². The molecular weight excluding hydrogens is 503 g/mol. The normalized spacial score (nSPS) is 17.5. The number of carbonyl (C=O) groups is 3. The number of cyclic esters (lactones) is 1. The lowest BCUT2D eigenvalue weighted by Gasteiger charge is -2.22. The Kier molecular flexibility index (Phi) is 12.2. The van der Waals surface area contributed by atoms with Gasteiger partial charge in [0.2, 0.25) is 6.41 Å². The lowest BCUT2D eigenvalue weighted by atomic mass is 9.85. The molecule has 3 aliphatic rings. The van der Waals surface area contributed by atoms with Gasteiger partial charge in [0.1, 0.15) is 12.4 Å². The second-order valence-corrected chi connectivity index (χ2v) is 8.85. The molecule has 2 aliphatic heterocycles. The highest BCUT2D eigenvalue weighted by atomic mass is 19.1. The molecule has 0 atom stereocenters. The van der Waals surface area contributed by atoms with Crippen molar-refractivity contribution in [2.45, 2.75) is 66.3 Å². The van der Waals surface area contributed by atoms with Crippen LogP contribution in [0.5, 0.6) is 0 Å². The highest BCUT2D eigenvalue weighted by Gasteiger charge is 2.37. The smallest absolute Gasteiger partial charge is 0.333 e. The number of rotatable bonds is 3. The summed E-state index contributed by atoms with van der Waals surface area (Å²) in [6.07, 6.45) is 7.78. The molecule has 1 aliphatic carbocycles. The number of aliphatic hydroxyl groups excluding tert-OH is 1. The van der Waals surface area contributed by atoms with Crippen molar-refractivity contribution in [1.29, 1.82) is 0 Å². The zero-order valence-corrected chi connectivity index (χ0v) is 23.2. The van der Waals surface area contributed by atoms with Crippen molar-refractivity contribution in [3.8, 4) is 0 Å². The third-order valence-corrected chi connectivity index (χ3v) is 6.56. The summed E-state index contributed by atoms with van der Waals surface area (Å²) in [5.41, 5.74) is 14.6. The Morgan fingerprint density at radius 1 is 1.21 bits per heavy atom. The lowest BCUT2D eigenvalue weighted by Crippen LogP contribution is -2.31. The second kappa shape index (κ2) is 15.1. The van der Waals surface area contributed by atoms with Crippen LogP contribution < -0.4 is 11.5 Å². The summed E-state index contributed by atoms with van der Waals surface area (Å²) in [5, 5.41) is 10.2. The van der Waals surface area contributed by atoms with Crippen LogP contribution in [0.3, 0.4) is 0 Å². The van der Waals surface area contributed by atoms with Gasteiger partial charge < -0.3 is 26.2 Å². The van der Waals surface area contributed by atoms with E-state index in [9.17, 15) is 19.1 Å². The van der Waals surface area contributed by atoms with Crippen LogP contribution in [0.25, 0.3) is 16.6 Å². The molecule has 5 rings (SSSR count). The van der Waals surface area contributed by atoms with Gasteiger partial charge in [-0.15, -0.1) is 0 Å². The van der Waals surface area contributed by atoms with Gasteiger partial charge in [-0.2, -0.15) is 0 Å². The predicted octanol–water partition coefficient (Wildman–Crippen LogP) is 3.20. The van der Waals surface area contributed by atoms with Crippen LogP contribution in [0, 0.1) is 12.7 Å². The van der Waals surface area contributed by atoms with E-state index in [0.717, 1.165) is 47.9 Å². The zero-order valence-electron chi connectivity index (χ0n) is 23.2. The van der Waals surface area contributed by atoms with Crippen LogP contribution in [0.1, 0.15) is 68.0 Å². The maximum absolute atomic E-state index is 14.5. The zero-order chi connectivity index (χ0) is 29.1. The number of nitrogens with two attached hydrogens (primary N) is 2. The van der Waals surface area contributed by atoms with Gasteiger partial charge in [0.15, 0.2) is 0 Å². The van der Waals surface area contributed by atoms with E-state index < -0.39 is 5.97 Å². The summed E-state index contributed by atoms with van der Waals surface area (Å²) in [5.74, 6) is -1.20. The number of benzene rings is 1. The SMILES string of the molecule is CC.CCCCN.Cc1c(F)cc2nc3c(c4c2c1CCC4)CN1C(=O)/C(=C/CO)COC(=O)/C=C/31.NC=O. The number of aryl methyl sites for hydroxylation is 2. The Bertz CT molecular complexity index is 1270. The van der Waals surface area contributed by atoms with Gasteiger partial charge in [0, 0.05) is 23.1 Å². The molecule has 2 aromatic rings. The number of aromatic nitrogens is 1. The van der Waals surface area contributed by atoms with Gasteiger partial charge >= 0.3 is 5.97 Å². The summed E-state index contributed by atoms with van der Waals surface area (Å²) in [6, 6.07) is 1.44. The summed E-state index contributed by atoms with van der Waals surface area (Å²) < 4.78 is 19.6. The first-order valence-electron chi connectivity index (χ1n) is 13.3. The molecule has 0 bridgehead atoms. The minimum Gasteiger partial charge on any atom is -0.457 e. The number of hydrogen-bond acceptors (Lipinski definition) is 7. The third kappa shape index (κ3) is 6.88. The average Bonchev–Trinajstić information content (AvgIpc) is 3.28. The van der Waals surface area contributed by atoms with Crippen LogP contribution in [-0.2, 0) is 38.5 Å². The van der Waals surface area contributed by atoms with Crippen LogP contribution in [0.15, 0.2) is 23.8 Å². The minimum absolute atomic E-state index is 0.189. The first-order valence-corrected chi connectivity index (χ1v) is 13.3. The van der Waals surface area contributed by atoms with Crippen LogP contribution in [0.2, 0.25) is 0 Å². The molecule has 0 saturated heterocycles. The average molecular weight is 543 g/mol. The van der Waals surface area contributed by atoms with Crippen LogP contribution >= 0.6 is 0 Å². The first-order chi connectivity index (χ1) is 18.8. The fraction of sp³-hybridized carbons (Fsp3) is 0.448. The fourth-order valence-electron chi connectivity index (χ4n) is 4.80. The van der Waals surface area contributed by atoms with Crippen molar-refractivity contribution in [3.05, 3.63) is 57.6 Å². The monoisotopic (exact) mass is 542 g/mol. The van der Waals surface area contributed by atoms with Gasteiger partial charge in [-0.3, -0.25) is 9.59 Å². The molecular formula is C29H39FN4O5. The van der Waals surface area contributed by atoms with Gasteiger partial charge in [-0.1, -0.05) is 27.2 Å². The van der Waals surface area contributed by atoms with Gasteiger partial charge in [0.05, 0.1) is 35.6 Å². The predicted molar refractivity (Wildman–Crippen MR) is 149 cm³/mol. The third-order valence-electron chi connectivity index (χ3n) is 6.56. The number of aliphatic hydroxyl groups is 1. The van der Waals surface area contributed by atoms with Gasteiger partial charge in [-0.25, -0.2) is 14.2 Å². The fourth-order valence-corrected chi connectivity index (χ4v) is 4.80. The number of hydrogen-bond donors (Lipinski definition) is 3. The van der Waals surface area contributed by atoms with E-state index in [0.29, 0.717) is 29.0 Å². The maximum atomic E-state index is 14.5. The molecule has 5 N–H and O–H groups in total. The van der Waals surface area contributed by atoms with Crippen LogP contribution in [-0.4, -0.2) is 53.0 Å². The quantitative estimate of drug-likeness (QED) is 0.306. The minimum atomic E-state index is -0.583. The molecule has 1 aromatic carbocycles. The summed E-state index contributed by atoms with van der Waals surface area (Å²) in [4.78, 5) is 40.0. The van der Waals surface area contributed by atoms with Crippen molar-refractivity contribution in [1.82, 2.24) is 9.88 Å². The van der Waals surface area contributed by atoms with E-state index in [1.165, 1.54) is 36.0 Å². The Hall–Kier alpha value is -3.63. The highest BCUT2D eigenvalue weighted by molar-refractivity contribution is 6.06. The largest absolute Gasteiger partial charge is 0.457 e.